The maximum atomic E-state index is 15.2. The highest BCUT2D eigenvalue weighted by molar-refractivity contribution is 5.71. The molecule has 0 N–H and O–H groups in total. The van der Waals surface area contributed by atoms with E-state index in [-0.39, 0.29) is 11.1 Å². The van der Waals surface area contributed by atoms with Gasteiger partial charge in [0.1, 0.15) is 24.1 Å². The number of hydrogen-bond acceptors (Lipinski definition) is 3. The van der Waals surface area contributed by atoms with E-state index in [1.54, 1.807) is 18.2 Å². The number of benzene rings is 4. The highest BCUT2D eigenvalue weighted by Gasteiger charge is 2.28. The molecule has 1 saturated heterocycles. The van der Waals surface area contributed by atoms with Crippen molar-refractivity contribution < 1.29 is 49.3 Å². The summed E-state index contributed by atoms with van der Waals surface area (Å²) in [5.74, 6) is -16.2. The van der Waals surface area contributed by atoms with Crippen LogP contribution in [0.5, 0.6) is 5.75 Å². The van der Waals surface area contributed by atoms with Gasteiger partial charge in [-0.15, -0.1) is 0 Å². The van der Waals surface area contributed by atoms with Gasteiger partial charge in [-0.2, -0.15) is 8.78 Å². The second kappa shape index (κ2) is 14.0. The predicted octanol–water partition coefficient (Wildman–Crippen LogP) is 9.95. The summed E-state index contributed by atoms with van der Waals surface area (Å²) in [6.45, 7) is 2.18. The molecule has 11 heteroatoms. The average Bonchev–Trinajstić information content (AvgIpc) is 3.04. The molecule has 0 aliphatic carbocycles. The molecular weight excluding hydrogens is 608 g/mol. The van der Waals surface area contributed by atoms with Crippen molar-refractivity contribution in [2.45, 2.75) is 45.5 Å². The van der Waals surface area contributed by atoms with Crippen molar-refractivity contribution in [3.8, 4) is 28.0 Å². The average molecular weight is 637 g/mol. The normalized spacial score (nSPS) is 16.6. The number of unbranched alkanes of at least 4 members (excludes halogenated alkanes) is 2. The summed E-state index contributed by atoms with van der Waals surface area (Å²) in [5.41, 5.74) is 0.797. The smallest absolute Gasteiger partial charge is 0.207 e. The monoisotopic (exact) mass is 636 g/mol. The van der Waals surface area contributed by atoms with Gasteiger partial charge in [0.25, 0.3) is 0 Å². The number of ether oxygens (including phenoxy) is 3. The lowest BCUT2D eigenvalue weighted by molar-refractivity contribution is -0.206. The summed E-state index contributed by atoms with van der Waals surface area (Å²) in [4.78, 5) is 0. The van der Waals surface area contributed by atoms with Gasteiger partial charge in [-0.1, -0.05) is 62.6 Å². The fourth-order valence-corrected chi connectivity index (χ4v) is 5.10. The molecule has 0 spiro atoms. The van der Waals surface area contributed by atoms with E-state index in [2.05, 4.69) is 11.7 Å². The second-order valence-electron chi connectivity index (χ2n) is 10.8. The maximum Gasteiger partial charge on any atom is 0.207 e. The fraction of sp³-hybridized carbons (Fsp3) is 0.294. The third-order valence-corrected chi connectivity index (χ3v) is 7.65. The highest BCUT2D eigenvalue weighted by atomic mass is 19.2. The van der Waals surface area contributed by atoms with Gasteiger partial charge in [0.2, 0.25) is 29.1 Å². The SMILES string of the molecule is CCCCCC1COC(c2ccc(-c3ccc(-c4cc(F)c(COc5c(F)c(F)c(F)c(F)c5F)c(F)c4)c(F)c3)cc2)OC1. The quantitative estimate of drug-likeness (QED) is 0.0751. The van der Waals surface area contributed by atoms with Crippen LogP contribution in [-0.4, -0.2) is 13.2 Å². The third-order valence-electron chi connectivity index (χ3n) is 7.65. The minimum atomic E-state index is -2.40. The molecule has 0 amide bonds. The van der Waals surface area contributed by atoms with Crippen molar-refractivity contribution in [1.29, 1.82) is 0 Å². The first-order chi connectivity index (χ1) is 21.6. The first-order valence-corrected chi connectivity index (χ1v) is 14.3. The zero-order valence-electron chi connectivity index (χ0n) is 24.0. The minimum absolute atomic E-state index is 0.141. The Hall–Kier alpha value is -3.96. The van der Waals surface area contributed by atoms with Gasteiger partial charge in [-0.25, -0.2) is 26.3 Å². The van der Waals surface area contributed by atoms with Crippen molar-refractivity contribution >= 4 is 0 Å². The molecule has 238 valence electrons. The molecule has 5 rings (SSSR count). The van der Waals surface area contributed by atoms with E-state index < -0.39 is 70.7 Å². The summed E-state index contributed by atoms with van der Waals surface area (Å²) in [7, 11) is 0. The van der Waals surface area contributed by atoms with Crippen LogP contribution in [0.1, 0.15) is 50.0 Å². The number of rotatable bonds is 10. The Balaban J connectivity index is 1.27. The van der Waals surface area contributed by atoms with Crippen molar-refractivity contribution in [2.75, 3.05) is 13.2 Å². The first-order valence-electron chi connectivity index (χ1n) is 14.3. The standard InChI is InChI=1S/C34H28F8O3/c1-2-3-4-5-18-15-44-34(45-16-18)20-8-6-19(7-9-20)21-10-11-23(25(35)12-21)22-13-26(36)24(27(37)14-22)17-43-33-31(41)29(39)28(38)30(40)32(33)42/h6-14,18,34H,2-5,15-17H2,1H3. The molecule has 4 aromatic rings. The van der Waals surface area contributed by atoms with Crippen LogP contribution < -0.4 is 4.74 Å². The van der Waals surface area contributed by atoms with Gasteiger partial charge in [-0.05, 0) is 41.3 Å². The first kappa shape index (κ1) is 32.4. The summed E-state index contributed by atoms with van der Waals surface area (Å²) in [6.07, 6.45) is 4.04. The Morgan fingerprint density at radius 3 is 1.78 bits per heavy atom. The van der Waals surface area contributed by atoms with Crippen LogP contribution in [0.3, 0.4) is 0 Å². The van der Waals surface area contributed by atoms with Crippen LogP contribution in [0.15, 0.2) is 54.6 Å². The van der Waals surface area contributed by atoms with Crippen LogP contribution in [0.2, 0.25) is 0 Å². The molecule has 1 aliphatic rings. The molecular formula is C34H28F8O3. The molecule has 1 aliphatic heterocycles. The van der Waals surface area contributed by atoms with Gasteiger partial charge in [-0.3, -0.25) is 0 Å². The highest BCUT2D eigenvalue weighted by Crippen LogP contribution is 2.34. The van der Waals surface area contributed by atoms with E-state index >= 15 is 4.39 Å². The third kappa shape index (κ3) is 6.99. The van der Waals surface area contributed by atoms with Crippen LogP contribution in [0.4, 0.5) is 35.1 Å². The van der Waals surface area contributed by atoms with E-state index in [1.165, 1.54) is 18.6 Å². The second-order valence-corrected chi connectivity index (χ2v) is 10.8. The lowest BCUT2D eigenvalue weighted by Crippen LogP contribution is -2.27. The maximum absolute atomic E-state index is 15.2. The Morgan fingerprint density at radius 2 is 1.20 bits per heavy atom. The van der Waals surface area contributed by atoms with Crippen molar-refractivity contribution in [1.82, 2.24) is 0 Å². The van der Waals surface area contributed by atoms with Crippen LogP contribution in [0.25, 0.3) is 22.3 Å². The van der Waals surface area contributed by atoms with Gasteiger partial charge in [0.05, 0.1) is 18.8 Å². The van der Waals surface area contributed by atoms with Crippen LogP contribution in [0, 0.1) is 52.5 Å². The van der Waals surface area contributed by atoms with E-state index in [0.717, 1.165) is 37.0 Å². The van der Waals surface area contributed by atoms with Gasteiger partial charge < -0.3 is 14.2 Å². The molecule has 45 heavy (non-hydrogen) atoms. The molecule has 3 nitrogen and oxygen atoms in total. The topological polar surface area (TPSA) is 27.7 Å². The van der Waals surface area contributed by atoms with E-state index in [9.17, 15) is 30.7 Å². The molecule has 1 heterocycles. The Labute approximate surface area is 254 Å². The van der Waals surface area contributed by atoms with Crippen molar-refractivity contribution in [3.05, 3.63) is 112 Å². The molecule has 4 aromatic carbocycles. The zero-order chi connectivity index (χ0) is 32.2. The molecule has 0 atom stereocenters. The number of hydrogen-bond donors (Lipinski definition) is 0. The van der Waals surface area contributed by atoms with Crippen LogP contribution in [-0.2, 0) is 16.1 Å². The lowest BCUT2D eigenvalue weighted by atomic mass is 9.97. The molecule has 0 radical (unpaired) electrons. The van der Waals surface area contributed by atoms with Gasteiger partial charge in [0.15, 0.2) is 12.0 Å². The molecule has 1 fully saturated rings. The molecule has 0 bridgehead atoms. The summed E-state index contributed by atoms with van der Waals surface area (Å²) >= 11 is 0. The van der Waals surface area contributed by atoms with E-state index in [4.69, 9.17) is 9.47 Å². The molecule has 0 saturated carbocycles. The summed E-state index contributed by atoms with van der Waals surface area (Å²) in [5, 5.41) is 0. The summed E-state index contributed by atoms with van der Waals surface area (Å²) in [6, 6.07) is 12.8. The Morgan fingerprint density at radius 1 is 0.644 bits per heavy atom. The summed E-state index contributed by atoms with van der Waals surface area (Å²) < 4.78 is 129. The van der Waals surface area contributed by atoms with Crippen molar-refractivity contribution in [3.63, 3.8) is 0 Å². The van der Waals surface area contributed by atoms with Gasteiger partial charge in [0, 0.05) is 17.0 Å². The molecule has 0 aromatic heterocycles. The zero-order valence-corrected chi connectivity index (χ0v) is 24.0. The lowest BCUT2D eigenvalue weighted by Gasteiger charge is -2.29. The van der Waals surface area contributed by atoms with Crippen LogP contribution >= 0.6 is 0 Å². The van der Waals surface area contributed by atoms with E-state index in [0.29, 0.717) is 30.3 Å². The number of halogens is 8. The van der Waals surface area contributed by atoms with E-state index in [1.807, 2.05) is 12.1 Å². The Kier molecular flexibility index (Phi) is 10.1. The Bertz CT molecular complexity index is 1620. The molecule has 0 unspecified atom stereocenters. The predicted molar refractivity (Wildman–Crippen MR) is 150 cm³/mol. The largest absolute Gasteiger partial charge is 0.482 e. The minimum Gasteiger partial charge on any atom is -0.482 e. The van der Waals surface area contributed by atoms with Gasteiger partial charge >= 0.3 is 0 Å². The van der Waals surface area contributed by atoms with Crippen molar-refractivity contribution in [2.24, 2.45) is 5.92 Å². The fourth-order valence-electron chi connectivity index (χ4n) is 5.10.